The number of primary amides is 1. The molecule has 2 atom stereocenters. The van der Waals surface area contributed by atoms with E-state index in [1.54, 1.807) is 18.2 Å². The third-order valence-electron chi connectivity index (χ3n) is 5.61. The van der Waals surface area contributed by atoms with E-state index in [1.165, 1.54) is 24.0 Å². The molecule has 1 aromatic carbocycles. The van der Waals surface area contributed by atoms with Crippen LogP contribution in [0.5, 0.6) is 0 Å². The number of aromatic nitrogens is 1. The van der Waals surface area contributed by atoms with Gasteiger partial charge in [-0.1, -0.05) is 42.3 Å². The first kappa shape index (κ1) is 19.2. The molecule has 0 radical (unpaired) electrons. The predicted molar refractivity (Wildman–Crippen MR) is 111 cm³/mol. The molecule has 1 amide bonds. The number of amides is 1. The zero-order chi connectivity index (χ0) is 19.9. The van der Waals surface area contributed by atoms with Crippen LogP contribution in [0.25, 0.3) is 11.1 Å². The van der Waals surface area contributed by atoms with Gasteiger partial charge in [-0.25, -0.2) is 9.37 Å². The number of thioether (sulfide) groups is 1. The number of aliphatic imine (C=N–C) groups is 1. The molecule has 1 saturated carbocycles. The number of benzene rings is 1. The van der Waals surface area contributed by atoms with E-state index < -0.39 is 11.4 Å². The van der Waals surface area contributed by atoms with Gasteiger partial charge in [-0.05, 0) is 42.5 Å². The third kappa shape index (κ3) is 3.26. The second kappa shape index (κ2) is 7.37. The summed E-state index contributed by atoms with van der Waals surface area (Å²) in [5.41, 5.74) is 12.6. The summed E-state index contributed by atoms with van der Waals surface area (Å²) in [6, 6.07) is 6.39. The minimum atomic E-state index is -0.674. The van der Waals surface area contributed by atoms with Crippen LogP contribution in [0.1, 0.15) is 41.7 Å². The number of fused-ring (bicyclic) bond motifs is 1. The van der Waals surface area contributed by atoms with E-state index in [2.05, 4.69) is 4.98 Å². The Morgan fingerprint density at radius 2 is 2.14 bits per heavy atom. The Labute approximate surface area is 171 Å². The van der Waals surface area contributed by atoms with Crippen LogP contribution in [-0.4, -0.2) is 21.8 Å². The number of amidine groups is 1. The van der Waals surface area contributed by atoms with Crippen LogP contribution in [-0.2, 0) is 5.54 Å². The lowest BCUT2D eigenvalue weighted by molar-refractivity contribution is 0.0996. The van der Waals surface area contributed by atoms with E-state index in [0.717, 1.165) is 31.4 Å². The van der Waals surface area contributed by atoms with Crippen LogP contribution >= 0.6 is 23.4 Å². The van der Waals surface area contributed by atoms with Gasteiger partial charge in [0.05, 0.1) is 10.6 Å². The van der Waals surface area contributed by atoms with Gasteiger partial charge in [0.1, 0.15) is 11.5 Å². The second-order valence-electron chi connectivity index (χ2n) is 7.24. The van der Waals surface area contributed by atoms with Crippen molar-refractivity contribution in [2.75, 3.05) is 5.75 Å². The minimum Gasteiger partial charge on any atom is -0.379 e. The molecule has 4 rings (SSSR count). The SMILES string of the molecule is NC(=O)c1ncc(Cl)cc1-c1ccc(F)c(C23CCCCC2CSC(N)=N3)c1. The highest BCUT2D eigenvalue weighted by atomic mass is 35.5. The van der Waals surface area contributed by atoms with Crippen molar-refractivity contribution in [1.29, 1.82) is 0 Å². The molecular formula is C20H20ClFN4OS. The molecule has 2 heterocycles. The first-order valence-corrected chi connectivity index (χ1v) is 10.5. The van der Waals surface area contributed by atoms with Gasteiger partial charge in [0.15, 0.2) is 5.17 Å². The maximum atomic E-state index is 15.1. The van der Waals surface area contributed by atoms with Crippen LogP contribution in [0.2, 0.25) is 5.02 Å². The van der Waals surface area contributed by atoms with Crippen molar-refractivity contribution in [1.82, 2.24) is 4.98 Å². The zero-order valence-electron chi connectivity index (χ0n) is 15.1. The van der Waals surface area contributed by atoms with Gasteiger partial charge in [0.2, 0.25) is 0 Å². The van der Waals surface area contributed by atoms with Crippen LogP contribution in [0.15, 0.2) is 35.5 Å². The molecule has 1 fully saturated rings. The van der Waals surface area contributed by atoms with Gasteiger partial charge in [0, 0.05) is 23.1 Å². The summed E-state index contributed by atoms with van der Waals surface area (Å²) in [5.74, 6) is 0.0539. The number of rotatable bonds is 3. The van der Waals surface area contributed by atoms with Gasteiger partial charge in [-0.3, -0.25) is 9.79 Å². The number of carbonyl (C=O) groups is 1. The van der Waals surface area contributed by atoms with Gasteiger partial charge in [0.25, 0.3) is 5.91 Å². The molecule has 4 N–H and O–H groups in total. The van der Waals surface area contributed by atoms with E-state index in [9.17, 15) is 4.79 Å². The van der Waals surface area contributed by atoms with E-state index in [4.69, 9.17) is 28.1 Å². The lowest BCUT2D eigenvalue weighted by Gasteiger charge is -2.44. The lowest BCUT2D eigenvalue weighted by atomic mass is 9.69. The average Bonchev–Trinajstić information content (AvgIpc) is 2.67. The summed E-state index contributed by atoms with van der Waals surface area (Å²) >= 11 is 7.62. The highest BCUT2D eigenvalue weighted by Crippen LogP contribution is 2.50. The molecule has 28 heavy (non-hydrogen) atoms. The van der Waals surface area contributed by atoms with Crippen molar-refractivity contribution in [2.24, 2.45) is 22.4 Å². The van der Waals surface area contributed by atoms with E-state index in [1.807, 2.05) is 0 Å². The van der Waals surface area contributed by atoms with Crippen molar-refractivity contribution in [2.45, 2.75) is 31.2 Å². The van der Waals surface area contributed by atoms with Crippen LogP contribution in [0, 0.1) is 11.7 Å². The fraction of sp³-hybridized carbons (Fsp3) is 0.350. The lowest BCUT2D eigenvalue weighted by Crippen LogP contribution is -2.43. The third-order valence-corrected chi connectivity index (χ3v) is 6.77. The molecule has 5 nitrogen and oxygen atoms in total. The van der Waals surface area contributed by atoms with Crippen molar-refractivity contribution in [3.05, 3.63) is 52.6 Å². The largest absolute Gasteiger partial charge is 0.379 e. The Kier molecular flexibility index (Phi) is 5.05. The molecule has 2 unspecified atom stereocenters. The molecule has 0 bridgehead atoms. The summed E-state index contributed by atoms with van der Waals surface area (Å²) in [6.45, 7) is 0. The van der Waals surface area contributed by atoms with Crippen LogP contribution in [0.4, 0.5) is 4.39 Å². The molecule has 2 aromatic rings. The fourth-order valence-corrected chi connectivity index (χ4v) is 5.51. The van der Waals surface area contributed by atoms with Crippen molar-refractivity contribution in [3.63, 3.8) is 0 Å². The molecule has 8 heteroatoms. The monoisotopic (exact) mass is 418 g/mol. The number of pyridine rings is 1. The number of halogens is 2. The summed E-state index contributed by atoms with van der Waals surface area (Å²) < 4.78 is 15.1. The summed E-state index contributed by atoms with van der Waals surface area (Å²) in [4.78, 5) is 20.7. The number of hydrogen-bond donors (Lipinski definition) is 2. The Balaban J connectivity index is 1.90. The number of nitrogens with two attached hydrogens (primary N) is 2. The van der Waals surface area contributed by atoms with E-state index in [-0.39, 0.29) is 17.4 Å². The maximum Gasteiger partial charge on any atom is 0.267 e. The average molecular weight is 419 g/mol. The zero-order valence-corrected chi connectivity index (χ0v) is 16.7. The maximum absolute atomic E-state index is 15.1. The summed E-state index contributed by atoms with van der Waals surface area (Å²) in [7, 11) is 0. The number of hydrogen-bond acceptors (Lipinski definition) is 5. The Morgan fingerprint density at radius 1 is 1.32 bits per heavy atom. The smallest absolute Gasteiger partial charge is 0.267 e. The highest BCUT2D eigenvalue weighted by molar-refractivity contribution is 8.13. The molecule has 1 aliphatic heterocycles. The Hall–Kier alpha value is -2.12. The second-order valence-corrected chi connectivity index (χ2v) is 8.71. The molecule has 0 spiro atoms. The van der Waals surface area contributed by atoms with E-state index in [0.29, 0.717) is 26.9 Å². The number of nitrogens with zero attached hydrogens (tertiary/aromatic N) is 2. The first-order valence-electron chi connectivity index (χ1n) is 9.14. The molecule has 0 saturated heterocycles. The Morgan fingerprint density at radius 3 is 2.93 bits per heavy atom. The number of carbonyl (C=O) groups excluding carboxylic acids is 1. The molecule has 2 aliphatic rings. The molecule has 1 aromatic heterocycles. The summed E-state index contributed by atoms with van der Waals surface area (Å²) in [5, 5.41) is 0.862. The minimum absolute atomic E-state index is 0.0990. The summed E-state index contributed by atoms with van der Waals surface area (Å²) in [6.07, 6.45) is 5.17. The fourth-order valence-electron chi connectivity index (χ4n) is 4.31. The van der Waals surface area contributed by atoms with Crippen LogP contribution < -0.4 is 11.5 Å². The first-order chi connectivity index (χ1) is 13.4. The quantitative estimate of drug-likeness (QED) is 0.784. The van der Waals surface area contributed by atoms with Crippen molar-refractivity contribution >= 4 is 34.4 Å². The van der Waals surface area contributed by atoms with Gasteiger partial charge < -0.3 is 11.5 Å². The topological polar surface area (TPSA) is 94.4 Å². The van der Waals surface area contributed by atoms with Gasteiger partial charge in [-0.2, -0.15) is 0 Å². The predicted octanol–water partition coefficient (Wildman–Crippen LogP) is 4.09. The van der Waals surface area contributed by atoms with Gasteiger partial charge >= 0.3 is 0 Å². The van der Waals surface area contributed by atoms with Crippen LogP contribution in [0.3, 0.4) is 0 Å². The Bertz CT molecular complexity index is 983. The van der Waals surface area contributed by atoms with E-state index >= 15 is 4.39 Å². The normalized spacial score (nSPS) is 24.4. The molecule has 146 valence electrons. The molecular weight excluding hydrogens is 399 g/mol. The van der Waals surface area contributed by atoms with Gasteiger partial charge in [-0.15, -0.1) is 0 Å². The standard InChI is InChI=1S/C20H20ClFN4OS/c21-13-8-14(17(18(23)27)25-9-13)11-4-5-16(22)15(7-11)20-6-2-1-3-12(20)10-28-19(24)26-20/h4-5,7-9,12H,1-3,6,10H2,(H2,23,27)(H2,24,26). The molecule has 1 aliphatic carbocycles. The van der Waals surface area contributed by atoms with Crippen molar-refractivity contribution in [3.8, 4) is 11.1 Å². The van der Waals surface area contributed by atoms with Crippen molar-refractivity contribution < 1.29 is 9.18 Å². The highest BCUT2D eigenvalue weighted by Gasteiger charge is 2.46.